The van der Waals surface area contributed by atoms with E-state index in [0.717, 1.165) is 0 Å². The number of rotatable bonds is 8. The van der Waals surface area contributed by atoms with Crippen molar-refractivity contribution >= 4 is 16.0 Å². The molecule has 0 aliphatic rings. The summed E-state index contributed by atoms with van der Waals surface area (Å²) in [6.45, 7) is 8.47. The third kappa shape index (κ3) is 4.11. The summed E-state index contributed by atoms with van der Waals surface area (Å²) in [6, 6.07) is 0. The van der Waals surface area contributed by atoms with Crippen molar-refractivity contribution in [3.05, 3.63) is 0 Å². The molecule has 0 amide bonds. The van der Waals surface area contributed by atoms with Crippen molar-refractivity contribution in [2.45, 2.75) is 27.7 Å². The van der Waals surface area contributed by atoms with E-state index in [1.807, 2.05) is 0 Å². The summed E-state index contributed by atoms with van der Waals surface area (Å²) in [4.78, 5) is 0. The van der Waals surface area contributed by atoms with Crippen LogP contribution >= 0.6 is 0 Å². The first-order chi connectivity index (χ1) is 8.34. The van der Waals surface area contributed by atoms with E-state index in [2.05, 4.69) is 5.16 Å². The van der Waals surface area contributed by atoms with Crippen LogP contribution in [0.15, 0.2) is 5.16 Å². The molecule has 108 valence electrons. The van der Waals surface area contributed by atoms with Gasteiger partial charge in [0.2, 0.25) is 0 Å². The molecule has 0 heterocycles. The molecule has 3 N–H and O–H groups in total. The monoisotopic (exact) mass is 280 g/mol. The molecule has 18 heavy (non-hydrogen) atoms. The van der Waals surface area contributed by atoms with Gasteiger partial charge in [0.05, 0.1) is 0 Å². The van der Waals surface area contributed by atoms with Crippen molar-refractivity contribution in [3.8, 4) is 0 Å². The van der Waals surface area contributed by atoms with E-state index >= 15 is 0 Å². The zero-order valence-electron chi connectivity index (χ0n) is 11.5. The van der Waals surface area contributed by atoms with Gasteiger partial charge in [-0.3, -0.25) is 0 Å². The SMILES string of the molecule is CCN(CC)S(=O)(=O)N(CC)CC(C)C(N)=NO. The predicted molar refractivity (Wildman–Crippen MR) is 71.7 cm³/mol. The topological polar surface area (TPSA) is 99.2 Å². The maximum atomic E-state index is 12.3. The van der Waals surface area contributed by atoms with Crippen LogP contribution in [-0.2, 0) is 10.2 Å². The molecule has 0 aliphatic heterocycles. The maximum Gasteiger partial charge on any atom is 0.281 e. The third-order valence-corrected chi connectivity index (χ3v) is 5.04. The zero-order chi connectivity index (χ0) is 14.3. The van der Waals surface area contributed by atoms with E-state index in [-0.39, 0.29) is 18.3 Å². The number of nitrogens with two attached hydrogens (primary N) is 1. The van der Waals surface area contributed by atoms with Crippen LogP contribution in [-0.4, -0.2) is 54.3 Å². The maximum absolute atomic E-state index is 12.3. The molecule has 0 radical (unpaired) electrons. The molecule has 0 aliphatic carbocycles. The zero-order valence-corrected chi connectivity index (χ0v) is 12.3. The quantitative estimate of drug-likeness (QED) is 0.289. The van der Waals surface area contributed by atoms with Crippen molar-refractivity contribution in [1.29, 1.82) is 0 Å². The van der Waals surface area contributed by atoms with Crippen LogP contribution in [0.1, 0.15) is 27.7 Å². The van der Waals surface area contributed by atoms with Crippen molar-refractivity contribution in [2.24, 2.45) is 16.8 Å². The lowest BCUT2D eigenvalue weighted by atomic mass is 10.1. The number of oxime groups is 1. The minimum atomic E-state index is -3.48. The first-order valence-electron chi connectivity index (χ1n) is 6.07. The van der Waals surface area contributed by atoms with Gasteiger partial charge >= 0.3 is 0 Å². The third-order valence-electron chi connectivity index (χ3n) is 2.81. The van der Waals surface area contributed by atoms with Gasteiger partial charge in [-0.05, 0) is 0 Å². The fourth-order valence-corrected chi connectivity index (χ4v) is 3.31. The number of hydrogen-bond donors (Lipinski definition) is 2. The highest BCUT2D eigenvalue weighted by molar-refractivity contribution is 7.86. The Morgan fingerprint density at radius 2 is 1.67 bits per heavy atom. The Bertz CT molecular complexity index is 365. The molecule has 1 unspecified atom stereocenters. The lowest BCUT2D eigenvalue weighted by Crippen LogP contribution is -2.46. The molecule has 7 nitrogen and oxygen atoms in total. The minimum Gasteiger partial charge on any atom is -0.409 e. The lowest BCUT2D eigenvalue weighted by Gasteiger charge is -2.29. The molecular weight excluding hydrogens is 256 g/mol. The lowest BCUT2D eigenvalue weighted by molar-refractivity contribution is 0.308. The fraction of sp³-hybridized carbons (Fsp3) is 0.900. The first-order valence-corrected chi connectivity index (χ1v) is 7.47. The molecule has 0 aromatic rings. The molecule has 0 rings (SSSR count). The van der Waals surface area contributed by atoms with Crippen molar-refractivity contribution in [2.75, 3.05) is 26.2 Å². The summed E-state index contributed by atoms with van der Waals surface area (Å²) in [5, 5.41) is 11.5. The summed E-state index contributed by atoms with van der Waals surface area (Å²) in [6.07, 6.45) is 0. The fourth-order valence-electron chi connectivity index (χ4n) is 1.60. The largest absolute Gasteiger partial charge is 0.409 e. The van der Waals surface area contributed by atoms with E-state index in [0.29, 0.717) is 19.6 Å². The second-order valence-corrected chi connectivity index (χ2v) is 5.90. The number of hydrogen-bond acceptors (Lipinski definition) is 4. The van der Waals surface area contributed by atoms with Gasteiger partial charge in [0, 0.05) is 32.1 Å². The minimum absolute atomic E-state index is 0.0307. The molecule has 0 fully saturated rings. The second-order valence-electron chi connectivity index (χ2n) is 3.97. The predicted octanol–water partition coefficient (Wildman–Crippen LogP) is 0.277. The van der Waals surface area contributed by atoms with Gasteiger partial charge in [0.15, 0.2) is 0 Å². The molecule has 8 heteroatoms. The Balaban J connectivity index is 4.98. The molecule has 0 aromatic carbocycles. The Morgan fingerprint density at radius 3 is 2.00 bits per heavy atom. The summed E-state index contributed by atoms with van der Waals surface area (Å²) in [5.74, 6) is -0.302. The molecule has 0 bridgehead atoms. The molecule has 0 saturated carbocycles. The molecule has 1 atom stereocenters. The normalized spacial score (nSPS) is 15.3. The Hall–Kier alpha value is -0.860. The van der Waals surface area contributed by atoms with Crippen LogP contribution in [0, 0.1) is 5.92 Å². The Morgan fingerprint density at radius 1 is 1.22 bits per heavy atom. The summed E-state index contributed by atoms with van der Waals surface area (Å²) in [5.41, 5.74) is 5.47. The average molecular weight is 280 g/mol. The summed E-state index contributed by atoms with van der Waals surface area (Å²) in [7, 11) is -3.48. The molecule has 0 aromatic heterocycles. The van der Waals surface area contributed by atoms with Crippen LogP contribution < -0.4 is 5.73 Å². The number of amidine groups is 1. The first kappa shape index (κ1) is 17.1. The Labute approximate surface area is 109 Å². The van der Waals surface area contributed by atoms with Gasteiger partial charge in [-0.2, -0.15) is 17.0 Å². The van der Waals surface area contributed by atoms with Crippen LogP contribution in [0.4, 0.5) is 0 Å². The van der Waals surface area contributed by atoms with Crippen molar-refractivity contribution < 1.29 is 13.6 Å². The van der Waals surface area contributed by atoms with E-state index in [1.165, 1.54) is 8.61 Å². The van der Waals surface area contributed by atoms with E-state index in [4.69, 9.17) is 10.9 Å². The molecule has 0 saturated heterocycles. The number of nitrogens with zero attached hydrogens (tertiary/aromatic N) is 3. The van der Waals surface area contributed by atoms with E-state index in [1.54, 1.807) is 27.7 Å². The Kier molecular flexibility index (Phi) is 7.19. The van der Waals surface area contributed by atoms with Crippen LogP contribution in [0.5, 0.6) is 0 Å². The van der Waals surface area contributed by atoms with Gasteiger partial charge in [0.25, 0.3) is 10.2 Å². The van der Waals surface area contributed by atoms with Gasteiger partial charge < -0.3 is 10.9 Å². The summed E-state index contributed by atoms with van der Waals surface area (Å²) < 4.78 is 27.3. The van der Waals surface area contributed by atoms with Crippen molar-refractivity contribution in [3.63, 3.8) is 0 Å². The summed E-state index contributed by atoms with van der Waals surface area (Å²) >= 11 is 0. The van der Waals surface area contributed by atoms with Crippen LogP contribution in [0.3, 0.4) is 0 Å². The van der Waals surface area contributed by atoms with Gasteiger partial charge in [-0.15, -0.1) is 0 Å². The second kappa shape index (κ2) is 7.55. The van der Waals surface area contributed by atoms with E-state index < -0.39 is 10.2 Å². The van der Waals surface area contributed by atoms with Crippen molar-refractivity contribution in [1.82, 2.24) is 8.61 Å². The highest BCUT2D eigenvalue weighted by atomic mass is 32.2. The van der Waals surface area contributed by atoms with E-state index in [9.17, 15) is 8.42 Å². The van der Waals surface area contributed by atoms with Crippen LogP contribution in [0.2, 0.25) is 0 Å². The standard InChI is InChI=1S/C10H24N4O3S/c1-5-13(6-2)18(16,17)14(7-3)8-9(4)10(11)12-15/h9,15H,5-8H2,1-4H3,(H2,11,12). The molecule has 0 spiro atoms. The van der Waals surface area contributed by atoms with Gasteiger partial charge in [0.1, 0.15) is 5.84 Å². The smallest absolute Gasteiger partial charge is 0.281 e. The highest BCUT2D eigenvalue weighted by Crippen LogP contribution is 2.11. The molecular formula is C10H24N4O3S. The van der Waals surface area contributed by atoms with Gasteiger partial charge in [-0.25, -0.2) is 0 Å². The van der Waals surface area contributed by atoms with Gasteiger partial charge in [-0.1, -0.05) is 32.9 Å². The highest BCUT2D eigenvalue weighted by Gasteiger charge is 2.28. The van der Waals surface area contributed by atoms with Crippen LogP contribution in [0.25, 0.3) is 0 Å². The average Bonchev–Trinajstić information content (AvgIpc) is 2.35.